The number of ether oxygens (including phenoxy) is 1. The Balaban J connectivity index is 1.62. The van der Waals surface area contributed by atoms with Crippen molar-refractivity contribution in [3.05, 3.63) is 77.5 Å². The first-order chi connectivity index (χ1) is 13.1. The summed E-state index contributed by atoms with van der Waals surface area (Å²) in [7, 11) is 1.62. The summed E-state index contributed by atoms with van der Waals surface area (Å²) in [5, 5.41) is 6.09. The molecule has 2 N–H and O–H groups in total. The summed E-state index contributed by atoms with van der Waals surface area (Å²) >= 11 is 0. The first-order valence-corrected chi connectivity index (χ1v) is 8.53. The lowest BCUT2D eigenvalue weighted by molar-refractivity contribution is 0.0945. The van der Waals surface area contributed by atoms with Gasteiger partial charge in [0.05, 0.1) is 7.11 Å². The van der Waals surface area contributed by atoms with E-state index in [1.54, 1.807) is 32.5 Å². The Morgan fingerprint density at radius 3 is 2.41 bits per heavy atom. The van der Waals surface area contributed by atoms with Gasteiger partial charge in [0.1, 0.15) is 23.1 Å². The Kier molecular flexibility index (Phi) is 5.94. The normalized spacial score (nSPS) is 10.3. The van der Waals surface area contributed by atoms with Crippen molar-refractivity contribution in [2.24, 2.45) is 0 Å². The Morgan fingerprint density at radius 2 is 1.70 bits per heavy atom. The van der Waals surface area contributed by atoms with Crippen molar-refractivity contribution in [3.63, 3.8) is 0 Å². The molecule has 0 saturated carbocycles. The predicted molar refractivity (Wildman–Crippen MR) is 102 cm³/mol. The number of methoxy groups -OCH3 is 1. The molecule has 3 rings (SSSR count). The van der Waals surface area contributed by atoms with Crippen LogP contribution < -0.4 is 15.4 Å². The van der Waals surface area contributed by atoms with E-state index in [0.29, 0.717) is 30.4 Å². The lowest BCUT2D eigenvalue weighted by Gasteiger charge is -2.09. The van der Waals surface area contributed by atoms with E-state index in [9.17, 15) is 4.79 Å². The summed E-state index contributed by atoms with van der Waals surface area (Å²) in [6, 6.07) is 13.0. The third-order valence-electron chi connectivity index (χ3n) is 3.91. The molecule has 0 unspecified atom stereocenters. The van der Waals surface area contributed by atoms with Crippen LogP contribution in [0.3, 0.4) is 0 Å². The molecule has 2 heterocycles. The molecule has 0 radical (unpaired) electrons. The number of nitrogens with zero attached hydrogens (tertiary/aromatic N) is 3. The highest BCUT2D eigenvalue weighted by molar-refractivity contribution is 5.92. The van der Waals surface area contributed by atoms with Crippen LogP contribution in [0.4, 0.5) is 5.82 Å². The molecule has 0 saturated heterocycles. The van der Waals surface area contributed by atoms with Crippen molar-refractivity contribution in [1.82, 2.24) is 20.3 Å². The van der Waals surface area contributed by atoms with Crippen molar-refractivity contribution in [1.29, 1.82) is 0 Å². The number of nitrogens with one attached hydrogen (secondary N) is 2. The summed E-state index contributed by atoms with van der Waals surface area (Å²) in [4.78, 5) is 25.0. The molecule has 138 valence electrons. The first-order valence-electron chi connectivity index (χ1n) is 8.53. The van der Waals surface area contributed by atoms with E-state index < -0.39 is 0 Å². The third-order valence-corrected chi connectivity index (χ3v) is 3.91. The number of hydrogen-bond donors (Lipinski definition) is 2. The molecule has 0 aliphatic carbocycles. The highest BCUT2D eigenvalue weighted by Gasteiger charge is 2.10. The molecule has 1 amide bonds. The van der Waals surface area contributed by atoms with E-state index in [1.165, 1.54) is 0 Å². The number of benzene rings is 1. The van der Waals surface area contributed by atoms with Gasteiger partial charge in [0, 0.05) is 31.5 Å². The van der Waals surface area contributed by atoms with Gasteiger partial charge in [0.15, 0.2) is 0 Å². The zero-order chi connectivity index (χ0) is 19.1. The molecule has 2 aromatic heterocycles. The minimum Gasteiger partial charge on any atom is -0.497 e. The van der Waals surface area contributed by atoms with E-state index in [4.69, 9.17) is 4.74 Å². The smallest absolute Gasteiger partial charge is 0.270 e. The molecule has 0 fully saturated rings. The summed E-state index contributed by atoms with van der Waals surface area (Å²) in [5.41, 5.74) is 2.38. The second kappa shape index (κ2) is 8.75. The van der Waals surface area contributed by atoms with Crippen LogP contribution in [0, 0.1) is 6.92 Å². The number of anilines is 1. The minimum absolute atomic E-state index is 0.247. The number of pyridine rings is 1. The topological polar surface area (TPSA) is 89.0 Å². The Labute approximate surface area is 157 Å². The zero-order valence-electron chi connectivity index (χ0n) is 15.3. The number of carbonyl (C=O) groups excluding carboxylic acids is 1. The Morgan fingerprint density at radius 1 is 1.00 bits per heavy atom. The maximum absolute atomic E-state index is 12.5. The van der Waals surface area contributed by atoms with Crippen molar-refractivity contribution >= 4 is 11.7 Å². The molecule has 7 nitrogen and oxygen atoms in total. The van der Waals surface area contributed by atoms with Crippen molar-refractivity contribution in [2.75, 3.05) is 12.4 Å². The molecule has 3 aromatic rings. The average molecular weight is 363 g/mol. The largest absolute Gasteiger partial charge is 0.497 e. The number of hydrogen-bond acceptors (Lipinski definition) is 6. The molecule has 27 heavy (non-hydrogen) atoms. The average Bonchev–Trinajstić information content (AvgIpc) is 2.71. The van der Waals surface area contributed by atoms with Gasteiger partial charge in [-0.1, -0.05) is 12.1 Å². The number of aromatic nitrogens is 3. The van der Waals surface area contributed by atoms with E-state index in [1.807, 2.05) is 36.4 Å². The summed E-state index contributed by atoms with van der Waals surface area (Å²) in [6.07, 6.45) is 3.47. The van der Waals surface area contributed by atoms with Crippen molar-refractivity contribution in [2.45, 2.75) is 20.0 Å². The second-order valence-corrected chi connectivity index (χ2v) is 5.93. The highest BCUT2D eigenvalue weighted by Crippen LogP contribution is 2.12. The van der Waals surface area contributed by atoms with Crippen molar-refractivity contribution < 1.29 is 9.53 Å². The van der Waals surface area contributed by atoms with Crippen LogP contribution in [0.25, 0.3) is 0 Å². The highest BCUT2D eigenvalue weighted by atomic mass is 16.5. The predicted octanol–water partition coefficient (Wildman–Crippen LogP) is 2.73. The molecular weight excluding hydrogens is 342 g/mol. The number of carbonyl (C=O) groups is 1. The van der Waals surface area contributed by atoms with Gasteiger partial charge in [0.25, 0.3) is 5.91 Å². The van der Waals surface area contributed by atoms with Gasteiger partial charge < -0.3 is 15.4 Å². The van der Waals surface area contributed by atoms with Gasteiger partial charge in [-0.2, -0.15) is 0 Å². The molecule has 0 atom stereocenters. The van der Waals surface area contributed by atoms with Crippen LogP contribution >= 0.6 is 0 Å². The number of aryl methyl sites for hydroxylation is 1. The zero-order valence-corrected chi connectivity index (χ0v) is 15.3. The van der Waals surface area contributed by atoms with E-state index in [2.05, 4.69) is 25.6 Å². The third kappa shape index (κ3) is 5.24. The molecule has 0 bridgehead atoms. The first kappa shape index (κ1) is 18.3. The molecule has 0 aliphatic heterocycles. The fourth-order valence-electron chi connectivity index (χ4n) is 2.48. The molecule has 1 aromatic carbocycles. The van der Waals surface area contributed by atoms with Gasteiger partial charge in [-0.05, 0) is 42.3 Å². The van der Waals surface area contributed by atoms with Crippen LogP contribution in [0.5, 0.6) is 5.75 Å². The quantitative estimate of drug-likeness (QED) is 0.671. The van der Waals surface area contributed by atoms with Crippen LogP contribution in [-0.2, 0) is 13.1 Å². The van der Waals surface area contributed by atoms with E-state index >= 15 is 0 Å². The standard InChI is InChI=1S/C20H21N5O2/c1-14-24-18(11-19(25-14)22-12-16-7-9-21-10-8-16)20(26)23-13-15-3-5-17(27-2)6-4-15/h3-11H,12-13H2,1-2H3,(H,23,26)(H,22,24,25). The fourth-order valence-corrected chi connectivity index (χ4v) is 2.48. The van der Waals surface area contributed by atoms with Crippen LogP contribution in [0.2, 0.25) is 0 Å². The molecule has 0 spiro atoms. The number of amides is 1. The Bertz CT molecular complexity index is 898. The lowest BCUT2D eigenvalue weighted by Crippen LogP contribution is -2.24. The number of rotatable bonds is 7. The van der Waals surface area contributed by atoms with Crippen LogP contribution in [0.15, 0.2) is 54.9 Å². The minimum atomic E-state index is -0.247. The van der Waals surface area contributed by atoms with E-state index in [-0.39, 0.29) is 5.91 Å². The lowest BCUT2D eigenvalue weighted by atomic mass is 10.2. The summed E-state index contributed by atoms with van der Waals surface area (Å²) in [6.45, 7) is 2.76. The second-order valence-electron chi connectivity index (χ2n) is 5.93. The summed E-state index contributed by atoms with van der Waals surface area (Å²) < 4.78 is 5.13. The van der Waals surface area contributed by atoms with E-state index in [0.717, 1.165) is 16.9 Å². The fraction of sp³-hybridized carbons (Fsp3) is 0.200. The van der Waals surface area contributed by atoms with Gasteiger partial charge in [-0.25, -0.2) is 9.97 Å². The maximum atomic E-state index is 12.5. The van der Waals surface area contributed by atoms with Gasteiger partial charge in [-0.15, -0.1) is 0 Å². The van der Waals surface area contributed by atoms with Crippen molar-refractivity contribution in [3.8, 4) is 5.75 Å². The molecule has 0 aliphatic rings. The maximum Gasteiger partial charge on any atom is 0.270 e. The van der Waals surface area contributed by atoms with Gasteiger partial charge >= 0.3 is 0 Å². The Hall–Kier alpha value is -3.48. The molecule has 7 heteroatoms. The monoisotopic (exact) mass is 363 g/mol. The van der Waals surface area contributed by atoms with Gasteiger partial charge in [-0.3, -0.25) is 9.78 Å². The SMILES string of the molecule is COc1ccc(CNC(=O)c2cc(NCc3ccncc3)nc(C)n2)cc1. The summed E-state index contributed by atoms with van der Waals surface area (Å²) in [5.74, 6) is 1.67. The molecular formula is C20H21N5O2. The van der Waals surface area contributed by atoms with Crippen LogP contribution in [0.1, 0.15) is 27.4 Å². The van der Waals surface area contributed by atoms with Crippen LogP contribution in [-0.4, -0.2) is 28.0 Å². The van der Waals surface area contributed by atoms with Gasteiger partial charge in [0.2, 0.25) is 0 Å².